The molecule has 9 nitrogen and oxygen atoms in total. The van der Waals surface area contributed by atoms with E-state index in [0.29, 0.717) is 31.0 Å². The van der Waals surface area contributed by atoms with Gasteiger partial charge in [0.15, 0.2) is 0 Å². The molecule has 3 rings (SSSR count). The summed E-state index contributed by atoms with van der Waals surface area (Å²) >= 11 is 12.2. The second-order valence-corrected chi connectivity index (χ2v) is 11.2. The maximum Gasteiger partial charge on any atom is 0.413 e. The summed E-state index contributed by atoms with van der Waals surface area (Å²) in [7, 11) is -2.32. The molecule has 0 fully saturated rings. The molecule has 2 amide bonds. The number of benzene rings is 2. The summed E-state index contributed by atoms with van der Waals surface area (Å²) in [5.74, 6) is 0.183. The van der Waals surface area contributed by atoms with E-state index in [4.69, 9.17) is 23.2 Å². The minimum absolute atomic E-state index is 0.0181. The van der Waals surface area contributed by atoms with Crippen molar-refractivity contribution in [1.29, 1.82) is 0 Å². The lowest BCUT2D eigenvalue weighted by Crippen LogP contribution is -2.40. The van der Waals surface area contributed by atoms with Crippen molar-refractivity contribution in [2.75, 3.05) is 26.7 Å². The smallest absolute Gasteiger partial charge is 0.413 e. The number of carbonyl (C=O) groups excluding carboxylic acids is 1. The van der Waals surface area contributed by atoms with Gasteiger partial charge in [0.05, 0.1) is 23.1 Å². The van der Waals surface area contributed by atoms with Gasteiger partial charge in [0, 0.05) is 38.2 Å². The van der Waals surface area contributed by atoms with Crippen LogP contribution in [0.2, 0.25) is 10.0 Å². The second kappa shape index (κ2) is 11.6. The number of nitrogens with zero attached hydrogens (tertiary/aromatic N) is 4. The van der Waals surface area contributed by atoms with Crippen molar-refractivity contribution in [3.8, 4) is 0 Å². The molecule has 1 N–H and O–H groups in total. The molecule has 1 heterocycles. The van der Waals surface area contributed by atoms with Crippen molar-refractivity contribution in [1.82, 2.24) is 14.1 Å². The third kappa shape index (κ3) is 6.18. The highest BCUT2D eigenvalue weighted by Crippen LogP contribution is 2.31. The summed E-state index contributed by atoms with van der Waals surface area (Å²) in [4.78, 5) is 31.1. The molecule has 0 radical (unpaired) electrons. The molecule has 0 atom stereocenters. The van der Waals surface area contributed by atoms with Crippen LogP contribution in [0.1, 0.15) is 31.4 Å². The number of carbonyl (C=O) groups is 2. The van der Waals surface area contributed by atoms with Gasteiger partial charge in [-0.15, -0.1) is 0 Å². The van der Waals surface area contributed by atoms with Crippen molar-refractivity contribution in [2.45, 2.75) is 37.8 Å². The number of hydrogen-bond acceptors (Lipinski definition) is 5. The third-order valence-electron chi connectivity index (χ3n) is 5.75. The van der Waals surface area contributed by atoms with Crippen LogP contribution in [0.25, 0.3) is 0 Å². The molecule has 0 aromatic heterocycles. The lowest BCUT2D eigenvalue weighted by atomic mass is 10.1. The molecule has 1 aliphatic heterocycles. The predicted molar refractivity (Wildman–Crippen MR) is 139 cm³/mol. The highest BCUT2D eigenvalue weighted by molar-refractivity contribution is 7.89. The maximum atomic E-state index is 13.2. The Balaban J connectivity index is 1.64. The summed E-state index contributed by atoms with van der Waals surface area (Å²) < 4.78 is 27.7. The van der Waals surface area contributed by atoms with Gasteiger partial charge in [-0.25, -0.2) is 13.2 Å². The van der Waals surface area contributed by atoms with Crippen LogP contribution in [0.15, 0.2) is 52.4 Å². The van der Waals surface area contributed by atoms with E-state index >= 15 is 0 Å². The van der Waals surface area contributed by atoms with Crippen LogP contribution in [0, 0.1) is 0 Å². The van der Waals surface area contributed by atoms with E-state index in [0.717, 1.165) is 5.56 Å². The summed E-state index contributed by atoms with van der Waals surface area (Å²) in [6.07, 6.45) is -1.06. The first-order valence-corrected chi connectivity index (χ1v) is 13.5. The molecule has 0 spiro atoms. The normalized spacial score (nSPS) is 13.9. The van der Waals surface area contributed by atoms with Gasteiger partial charge in [-0.1, -0.05) is 53.5 Å². The van der Waals surface area contributed by atoms with Gasteiger partial charge >= 0.3 is 6.09 Å². The molecule has 2 aromatic carbocycles. The first-order chi connectivity index (χ1) is 16.9. The van der Waals surface area contributed by atoms with Crippen LogP contribution in [0.5, 0.6) is 0 Å². The quantitative estimate of drug-likeness (QED) is 0.499. The van der Waals surface area contributed by atoms with E-state index in [9.17, 15) is 23.1 Å². The Morgan fingerprint density at radius 3 is 2.42 bits per heavy atom. The molecule has 194 valence electrons. The Kier molecular flexibility index (Phi) is 8.99. The van der Waals surface area contributed by atoms with Crippen LogP contribution in [0.4, 0.5) is 4.79 Å². The molecular weight excluding hydrogens is 527 g/mol. The molecule has 12 heteroatoms. The first-order valence-electron chi connectivity index (χ1n) is 11.3. The predicted octanol–water partition coefficient (Wildman–Crippen LogP) is 4.18. The van der Waals surface area contributed by atoms with Crippen molar-refractivity contribution < 1.29 is 23.1 Å². The Morgan fingerprint density at radius 2 is 1.81 bits per heavy atom. The highest BCUT2D eigenvalue weighted by Gasteiger charge is 2.30. The Hall–Kier alpha value is -2.66. The van der Waals surface area contributed by atoms with E-state index in [1.165, 1.54) is 32.3 Å². The molecule has 0 saturated carbocycles. The standard InChI is InChI=1S/C24H28Cl2N4O5S/c1-16(2)30(36(34,35)20-6-4-5-19(25)22(20)26)13-11-21(31)28(3)15-17-7-9-18(10-8-17)23-27-12-14-29(23)24(32)33/h4-10,16H,11-15H2,1-3H3,(H,32,33). The molecule has 0 bridgehead atoms. The monoisotopic (exact) mass is 554 g/mol. The van der Waals surface area contributed by atoms with Crippen LogP contribution >= 0.6 is 23.2 Å². The topological polar surface area (TPSA) is 111 Å². The third-order valence-corrected chi connectivity index (χ3v) is 8.80. The maximum absolute atomic E-state index is 13.2. The molecule has 0 unspecified atom stereocenters. The van der Waals surface area contributed by atoms with Gasteiger partial charge in [-0.05, 0) is 31.5 Å². The van der Waals surface area contributed by atoms with E-state index in [1.807, 2.05) is 12.1 Å². The van der Waals surface area contributed by atoms with Crippen LogP contribution < -0.4 is 0 Å². The fourth-order valence-corrected chi connectivity index (χ4v) is 6.24. The van der Waals surface area contributed by atoms with Crippen molar-refractivity contribution in [3.63, 3.8) is 0 Å². The van der Waals surface area contributed by atoms with Gasteiger partial charge in [0.2, 0.25) is 15.9 Å². The summed E-state index contributed by atoms with van der Waals surface area (Å²) in [5, 5.41) is 9.38. The Bertz CT molecular complexity index is 1270. The van der Waals surface area contributed by atoms with Gasteiger partial charge in [-0.3, -0.25) is 14.7 Å². The molecular formula is C24H28Cl2N4O5S. The average Bonchev–Trinajstić information content (AvgIpc) is 3.31. The zero-order valence-corrected chi connectivity index (χ0v) is 22.5. The largest absolute Gasteiger partial charge is 0.465 e. The molecule has 1 aliphatic rings. The SMILES string of the molecule is CC(C)N(CCC(=O)N(C)Cc1ccc(C2=NCCN2C(=O)O)cc1)S(=O)(=O)c1cccc(Cl)c1Cl. The Morgan fingerprint density at radius 1 is 1.14 bits per heavy atom. The summed E-state index contributed by atoms with van der Waals surface area (Å²) in [6.45, 7) is 4.50. The number of aliphatic imine (C=N–C) groups is 1. The zero-order chi connectivity index (χ0) is 26.6. The molecule has 36 heavy (non-hydrogen) atoms. The van der Waals surface area contributed by atoms with Crippen molar-refractivity contribution >= 4 is 51.1 Å². The second-order valence-electron chi connectivity index (χ2n) is 8.60. The molecule has 0 aliphatic carbocycles. The van der Waals surface area contributed by atoms with Gasteiger partial charge < -0.3 is 10.0 Å². The lowest BCUT2D eigenvalue weighted by molar-refractivity contribution is -0.130. The number of amides is 2. The zero-order valence-electron chi connectivity index (χ0n) is 20.2. The highest BCUT2D eigenvalue weighted by atomic mass is 35.5. The number of halogens is 2. The first kappa shape index (κ1) is 27.9. The van der Waals surface area contributed by atoms with Crippen LogP contribution in [-0.2, 0) is 21.4 Å². The summed E-state index contributed by atoms with van der Waals surface area (Å²) in [6, 6.07) is 11.2. The Labute approximate surface area is 221 Å². The van der Waals surface area contributed by atoms with Gasteiger partial charge in [-0.2, -0.15) is 4.31 Å². The van der Waals surface area contributed by atoms with E-state index in [-0.39, 0.29) is 33.8 Å². The molecule has 2 aromatic rings. The van der Waals surface area contributed by atoms with Crippen LogP contribution in [0.3, 0.4) is 0 Å². The van der Waals surface area contributed by atoms with E-state index in [1.54, 1.807) is 33.0 Å². The average molecular weight is 555 g/mol. The van der Waals surface area contributed by atoms with Gasteiger partial charge in [0.1, 0.15) is 10.7 Å². The van der Waals surface area contributed by atoms with Crippen molar-refractivity contribution in [2.24, 2.45) is 4.99 Å². The van der Waals surface area contributed by atoms with E-state index < -0.39 is 22.2 Å². The number of rotatable bonds is 9. The summed E-state index contributed by atoms with van der Waals surface area (Å²) in [5.41, 5.74) is 1.53. The van der Waals surface area contributed by atoms with Crippen LogP contribution in [-0.4, -0.2) is 78.2 Å². The number of sulfonamides is 1. The minimum Gasteiger partial charge on any atom is -0.465 e. The lowest BCUT2D eigenvalue weighted by Gasteiger charge is -2.27. The fraction of sp³-hybridized carbons (Fsp3) is 0.375. The number of carboxylic acid groups (broad SMARTS) is 1. The number of hydrogen-bond donors (Lipinski definition) is 1. The minimum atomic E-state index is -3.97. The van der Waals surface area contributed by atoms with E-state index in [2.05, 4.69) is 4.99 Å². The van der Waals surface area contributed by atoms with Gasteiger partial charge in [0.25, 0.3) is 0 Å². The molecule has 0 saturated heterocycles. The van der Waals surface area contributed by atoms with Crippen molar-refractivity contribution in [3.05, 3.63) is 63.6 Å². The fourth-order valence-electron chi connectivity index (χ4n) is 3.86. The number of amidine groups is 1.